The first-order valence-corrected chi connectivity index (χ1v) is 19.7. The Bertz CT molecular complexity index is 787. The van der Waals surface area contributed by atoms with Gasteiger partial charge in [0.05, 0.1) is 6.61 Å². The van der Waals surface area contributed by atoms with Crippen molar-refractivity contribution in [1.82, 2.24) is 0 Å². The van der Waals surface area contributed by atoms with E-state index in [1.807, 2.05) is 12.2 Å². The molecule has 0 saturated carbocycles. The zero-order valence-electron chi connectivity index (χ0n) is 31.0. The van der Waals surface area contributed by atoms with Gasteiger partial charge in [-0.3, -0.25) is 14.4 Å². The van der Waals surface area contributed by atoms with Crippen molar-refractivity contribution in [3.63, 3.8) is 0 Å². The van der Waals surface area contributed by atoms with Gasteiger partial charge in [-0.2, -0.15) is 0 Å². The molecule has 0 rings (SSSR count). The molecule has 1 atom stereocenters. The Hall–Kier alpha value is -1.95. The van der Waals surface area contributed by atoms with Gasteiger partial charge in [0, 0.05) is 19.3 Å². The molecular formula is C41H74O6. The molecule has 0 spiro atoms. The topological polar surface area (TPSA) is 89.9 Å². The second-order valence-electron chi connectivity index (χ2n) is 13.9. The minimum Gasteiger partial charge on any atom is -0.462 e. The Labute approximate surface area is 289 Å². The first-order chi connectivity index (χ1) is 22.9. The van der Waals surface area contributed by atoms with Gasteiger partial charge >= 0.3 is 11.9 Å². The summed E-state index contributed by atoms with van der Waals surface area (Å²) < 4.78 is 10.5. The van der Waals surface area contributed by atoms with E-state index in [0.717, 1.165) is 57.3 Å². The molecule has 0 bridgehead atoms. The number of hydrogen-bond acceptors (Lipinski definition) is 6. The lowest BCUT2D eigenvalue weighted by Gasteiger charge is -2.15. The SMILES string of the molecule is CCCCC/C=C\C=C\C(=O)CCCCCCCC(=O)O[C@@H](CO)COC(=O)CCCCCCCCCCCCCCCCC(C)C. The number of aliphatic hydroxyl groups is 1. The van der Waals surface area contributed by atoms with Crippen LogP contribution in [0.4, 0.5) is 0 Å². The molecule has 0 aromatic carbocycles. The predicted octanol–water partition coefficient (Wildman–Crippen LogP) is 11.3. The van der Waals surface area contributed by atoms with Crippen LogP contribution >= 0.6 is 0 Å². The molecule has 0 amide bonds. The molecule has 0 aromatic rings. The number of ketones is 1. The first kappa shape index (κ1) is 45.0. The van der Waals surface area contributed by atoms with Crippen LogP contribution in [-0.4, -0.2) is 42.1 Å². The van der Waals surface area contributed by atoms with Gasteiger partial charge in [0.25, 0.3) is 0 Å². The summed E-state index contributed by atoms with van der Waals surface area (Å²) in [7, 11) is 0. The van der Waals surface area contributed by atoms with E-state index >= 15 is 0 Å². The van der Waals surface area contributed by atoms with Crippen LogP contribution in [-0.2, 0) is 23.9 Å². The highest BCUT2D eigenvalue weighted by Gasteiger charge is 2.16. The molecule has 0 heterocycles. The van der Waals surface area contributed by atoms with Crippen LogP contribution in [0.5, 0.6) is 0 Å². The van der Waals surface area contributed by atoms with Crippen molar-refractivity contribution in [2.45, 2.75) is 200 Å². The lowest BCUT2D eigenvalue weighted by Crippen LogP contribution is -2.28. The summed E-state index contributed by atoms with van der Waals surface area (Å²) in [6, 6.07) is 0. The van der Waals surface area contributed by atoms with Crippen molar-refractivity contribution in [3.05, 3.63) is 24.3 Å². The number of ether oxygens (including phenoxy) is 2. The number of rotatable bonds is 35. The van der Waals surface area contributed by atoms with Crippen LogP contribution in [0.1, 0.15) is 194 Å². The fourth-order valence-corrected chi connectivity index (χ4v) is 5.60. The van der Waals surface area contributed by atoms with Crippen LogP contribution in [0.3, 0.4) is 0 Å². The van der Waals surface area contributed by atoms with E-state index in [-0.39, 0.29) is 37.4 Å². The Balaban J connectivity index is 3.62. The van der Waals surface area contributed by atoms with E-state index in [2.05, 4.69) is 26.8 Å². The fourth-order valence-electron chi connectivity index (χ4n) is 5.60. The predicted molar refractivity (Wildman–Crippen MR) is 196 cm³/mol. The van der Waals surface area contributed by atoms with E-state index in [0.29, 0.717) is 19.3 Å². The van der Waals surface area contributed by atoms with E-state index in [1.54, 1.807) is 6.08 Å². The molecule has 6 nitrogen and oxygen atoms in total. The highest BCUT2D eigenvalue weighted by molar-refractivity contribution is 5.89. The minimum atomic E-state index is -0.814. The molecule has 0 aliphatic heterocycles. The van der Waals surface area contributed by atoms with Gasteiger partial charge in [0.15, 0.2) is 11.9 Å². The number of hydrogen-bond donors (Lipinski definition) is 1. The number of esters is 2. The molecule has 274 valence electrons. The van der Waals surface area contributed by atoms with Crippen LogP contribution in [0, 0.1) is 5.92 Å². The summed E-state index contributed by atoms with van der Waals surface area (Å²) in [5, 5.41) is 9.54. The van der Waals surface area contributed by atoms with Gasteiger partial charge in [-0.05, 0) is 44.1 Å². The zero-order chi connectivity index (χ0) is 34.6. The third-order valence-corrected chi connectivity index (χ3v) is 8.65. The maximum absolute atomic E-state index is 12.1. The van der Waals surface area contributed by atoms with Crippen LogP contribution in [0.2, 0.25) is 0 Å². The van der Waals surface area contributed by atoms with Crippen molar-refractivity contribution in [2.75, 3.05) is 13.2 Å². The average Bonchev–Trinajstić information content (AvgIpc) is 3.05. The van der Waals surface area contributed by atoms with Gasteiger partial charge in [-0.25, -0.2) is 0 Å². The summed E-state index contributed by atoms with van der Waals surface area (Å²) in [6.07, 6.45) is 36.3. The average molecular weight is 663 g/mol. The summed E-state index contributed by atoms with van der Waals surface area (Å²) >= 11 is 0. The Morgan fingerprint density at radius 2 is 1.09 bits per heavy atom. The first-order valence-electron chi connectivity index (χ1n) is 19.7. The fraction of sp³-hybridized carbons (Fsp3) is 0.829. The Kier molecular flexibility index (Phi) is 33.9. The molecule has 47 heavy (non-hydrogen) atoms. The zero-order valence-corrected chi connectivity index (χ0v) is 31.0. The molecule has 6 heteroatoms. The molecule has 1 N–H and O–H groups in total. The highest BCUT2D eigenvalue weighted by atomic mass is 16.6. The monoisotopic (exact) mass is 663 g/mol. The Morgan fingerprint density at radius 1 is 0.596 bits per heavy atom. The van der Waals surface area contributed by atoms with Crippen molar-refractivity contribution in [3.8, 4) is 0 Å². The Morgan fingerprint density at radius 3 is 1.60 bits per heavy atom. The molecule has 0 radical (unpaired) electrons. The molecule has 0 aliphatic carbocycles. The molecule has 0 saturated heterocycles. The quantitative estimate of drug-likeness (QED) is 0.0314. The van der Waals surface area contributed by atoms with Gasteiger partial charge < -0.3 is 14.6 Å². The van der Waals surface area contributed by atoms with E-state index in [4.69, 9.17) is 9.47 Å². The summed E-state index contributed by atoms with van der Waals surface area (Å²) in [5.41, 5.74) is 0. The molecular weight excluding hydrogens is 588 g/mol. The number of carbonyl (C=O) groups excluding carboxylic acids is 3. The summed E-state index contributed by atoms with van der Waals surface area (Å²) in [6.45, 7) is 6.34. The smallest absolute Gasteiger partial charge is 0.306 e. The third-order valence-electron chi connectivity index (χ3n) is 8.65. The standard InChI is InChI=1S/C41H74O6/c1-4-5-6-7-16-21-26-31-38(43)32-27-22-19-24-29-34-41(45)47-39(35-42)36-46-40(44)33-28-23-18-15-13-11-9-8-10-12-14-17-20-25-30-37(2)3/h16,21,26,31,37,39,42H,4-15,17-20,22-25,27-30,32-36H2,1-3H3/b21-16-,31-26+/t39-/m0/s1. The largest absolute Gasteiger partial charge is 0.462 e. The van der Waals surface area contributed by atoms with Gasteiger partial charge in [0.1, 0.15) is 6.61 Å². The van der Waals surface area contributed by atoms with Crippen LogP contribution in [0.25, 0.3) is 0 Å². The van der Waals surface area contributed by atoms with E-state index in [9.17, 15) is 19.5 Å². The lowest BCUT2D eigenvalue weighted by atomic mass is 10.0. The minimum absolute atomic E-state index is 0.101. The molecule has 0 fully saturated rings. The van der Waals surface area contributed by atoms with Crippen molar-refractivity contribution in [2.24, 2.45) is 5.92 Å². The van der Waals surface area contributed by atoms with E-state index in [1.165, 1.54) is 96.3 Å². The van der Waals surface area contributed by atoms with Crippen LogP contribution < -0.4 is 0 Å². The maximum atomic E-state index is 12.1. The van der Waals surface area contributed by atoms with Gasteiger partial charge in [-0.1, -0.05) is 161 Å². The lowest BCUT2D eigenvalue weighted by molar-refractivity contribution is -0.161. The van der Waals surface area contributed by atoms with Gasteiger partial charge in [-0.15, -0.1) is 0 Å². The number of allylic oxidation sites excluding steroid dienone is 4. The summed E-state index contributed by atoms with van der Waals surface area (Å²) in [4.78, 5) is 36.2. The molecule has 0 unspecified atom stereocenters. The normalized spacial score (nSPS) is 12.4. The van der Waals surface area contributed by atoms with Gasteiger partial charge in [0.2, 0.25) is 0 Å². The molecule has 0 aliphatic rings. The number of carbonyl (C=O) groups is 3. The molecule has 0 aromatic heterocycles. The highest BCUT2D eigenvalue weighted by Crippen LogP contribution is 2.15. The second-order valence-corrected chi connectivity index (χ2v) is 13.9. The summed E-state index contributed by atoms with van der Waals surface area (Å²) in [5.74, 6) is 0.321. The number of unbranched alkanes of at least 4 members (excludes halogenated alkanes) is 20. The van der Waals surface area contributed by atoms with Crippen LogP contribution in [0.15, 0.2) is 24.3 Å². The van der Waals surface area contributed by atoms with Crippen molar-refractivity contribution < 1.29 is 29.0 Å². The second kappa shape index (κ2) is 35.4. The van der Waals surface area contributed by atoms with Crippen molar-refractivity contribution in [1.29, 1.82) is 0 Å². The van der Waals surface area contributed by atoms with E-state index < -0.39 is 6.10 Å². The van der Waals surface area contributed by atoms with Crippen molar-refractivity contribution >= 4 is 17.7 Å². The third kappa shape index (κ3) is 35.2. The number of aliphatic hydroxyl groups excluding tert-OH is 1. The maximum Gasteiger partial charge on any atom is 0.306 e.